The van der Waals surface area contributed by atoms with Crippen molar-refractivity contribution in [3.05, 3.63) is 154 Å². The molecule has 56 heavy (non-hydrogen) atoms. The second-order valence-corrected chi connectivity index (χ2v) is 14.2. The fourth-order valence-corrected chi connectivity index (χ4v) is 6.43. The number of hydrogen-bond acceptors (Lipinski definition) is 4. The van der Waals surface area contributed by atoms with Crippen molar-refractivity contribution >= 4 is 35.7 Å². The summed E-state index contributed by atoms with van der Waals surface area (Å²) in [6.07, 6.45) is 25.4. The molecule has 0 amide bonds. The third-order valence-electron chi connectivity index (χ3n) is 9.77. The van der Waals surface area contributed by atoms with Gasteiger partial charge < -0.3 is 9.80 Å². The summed E-state index contributed by atoms with van der Waals surface area (Å²) >= 11 is 0. The zero-order valence-electron chi connectivity index (χ0n) is 34.0. The van der Waals surface area contributed by atoms with Gasteiger partial charge in [-0.15, -0.1) is 0 Å². The lowest BCUT2D eigenvalue weighted by atomic mass is 9.96. The van der Waals surface area contributed by atoms with Crippen LogP contribution in [0.3, 0.4) is 0 Å². The second-order valence-electron chi connectivity index (χ2n) is 14.2. The molecule has 4 nitrogen and oxygen atoms in total. The van der Waals surface area contributed by atoms with Crippen LogP contribution in [0.25, 0.3) is 24.3 Å². The highest BCUT2D eigenvalue weighted by Gasteiger charge is 2.09. The molecule has 0 unspecified atom stereocenters. The highest BCUT2D eigenvalue weighted by molar-refractivity contribution is 5.80. The standard InChI is InChI=1S/C52H58N4/c1-5-9-35-55(36-10-6-2)51-17-13-15-45(39-51)21-25-49-41-48(24-20-44-29-33-54-34-30-44)50(42-47(49)23-19-43-27-31-53-32-28-43)26-22-46-16-14-18-52(40-46)56(37-11-7-3)38-12-8-4/h13-18,21-22,25-34,39-42H,5-12,35-38H2,1-4H3/b25-21+,26-22+. The van der Waals surface area contributed by atoms with Gasteiger partial charge in [0, 0.05) is 84.6 Å². The maximum atomic E-state index is 4.19. The Hall–Kier alpha value is -5.84. The van der Waals surface area contributed by atoms with E-state index in [4.69, 9.17) is 0 Å². The quantitative estimate of drug-likeness (QED) is 0.0662. The van der Waals surface area contributed by atoms with Crippen molar-refractivity contribution in [3.8, 4) is 23.7 Å². The molecule has 0 aliphatic carbocycles. The Morgan fingerprint density at radius 2 is 0.821 bits per heavy atom. The molecular weight excluding hydrogens is 681 g/mol. The molecule has 0 fully saturated rings. The van der Waals surface area contributed by atoms with Crippen molar-refractivity contribution in [2.75, 3.05) is 36.0 Å². The first kappa shape index (κ1) is 41.3. The molecule has 0 spiro atoms. The maximum absolute atomic E-state index is 4.19. The molecule has 5 aromatic rings. The molecule has 2 heterocycles. The molecule has 4 heteroatoms. The zero-order chi connectivity index (χ0) is 39.2. The smallest absolute Gasteiger partial charge is 0.0372 e. The Kier molecular flexibility index (Phi) is 17.1. The van der Waals surface area contributed by atoms with Crippen LogP contribution in [0.1, 0.15) is 124 Å². The van der Waals surface area contributed by atoms with E-state index in [1.54, 1.807) is 24.8 Å². The molecule has 0 aliphatic rings. The predicted octanol–water partition coefficient (Wildman–Crippen LogP) is 12.4. The SMILES string of the molecule is CCCCN(CCCC)c1cccc(/C=C/c2cc(C#Cc3ccncc3)c(/C=C/c3cccc(N(CCCC)CCCC)c3)cc2C#Cc2ccncc2)c1. The first-order valence-corrected chi connectivity index (χ1v) is 20.7. The number of nitrogens with zero attached hydrogens (tertiary/aromatic N) is 4. The molecule has 286 valence electrons. The number of aromatic nitrogens is 2. The largest absolute Gasteiger partial charge is 0.372 e. The van der Waals surface area contributed by atoms with E-state index in [2.05, 4.69) is 156 Å². The maximum Gasteiger partial charge on any atom is 0.0372 e. The molecule has 0 aliphatic heterocycles. The van der Waals surface area contributed by atoms with Crippen molar-refractivity contribution < 1.29 is 0 Å². The van der Waals surface area contributed by atoms with E-state index < -0.39 is 0 Å². The topological polar surface area (TPSA) is 32.3 Å². The first-order valence-electron chi connectivity index (χ1n) is 20.7. The van der Waals surface area contributed by atoms with Gasteiger partial charge in [0.05, 0.1) is 0 Å². The van der Waals surface area contributed by atoms with Crippen LogP contribution in [-0.4, -0.2) is 36.1 Å². The minimum Gasteiger partial charge on any atom is -0.372 e. The Bertz CT molecular complexity index is 1960. The Morgan fingerprint density at radius 3 is 1.18 bits per heavy atom. The summed E-state index contributed by atoms with van der Waals surface area (Å²) in [6, 6.07) is 30.0. The van der Waals surface area contributed by atoms with Gasteiger partial charge in [-0.2, -0.15) is 0 Å². The van der Waals surface area contributed by atoms with Crippen molar-refractivity contribution in [1.82, 2.24) is 9.97 Å². The van der Waals surface area contributed by atoms with E-state index in [-0.39, 0.29) is 0 Å². The van der Waals surface area contributed by atoms with Crippen LogP contribution in [0.5, 0.6) is 0 Å². The number of unbranched alkanes of at least 4 members (excludes halogenated alkanes) is 4. The molecule has 5 rings (SSSR count). The average Bonchev–Trinajstić information content (AvgIpc) is 3.25. The van der Waals surface area contributed by atoms with Crippen LogP contribution in [0, 0.1) is 23.7 Å². The van der Waals surface area contributed by atoms with Gasteiger partial charge in [0.25, 0.3) is 0 Å². The minimum absolute atomic E-state index is 0.924. The average molecular weight is 739 g/mol. The van der Waals surface area contributed by atoms with Gasteiger partial charge in [0.2, 0.25) is 0 Å². The summed E-state index contributed by atoms with van der Waals surface area (Å²) in [7, 11) is 0. The summed E-state index contributed by atoms with van der Waals surface area (Å²) in [5.41, 5.74) is 10.6. The summed E-state index contributed by atoms with van der Waals surface area (Å²) in [6.45, 7) is 13.4. The van der Waals surface area contributed by atoms with E-state index in [0.29, 0.717) is 0 Å². The Morgan fingerprint density at radius 1 is 0.446 bits per heavy atom. The first-order chi connectivity index (χ1) is 27.6. The number of anilines is 2. The highest BCUT2D eigenvalue weighted by atomic mass is 15.1. The highest BCUT2D eigenvalue weighted by Crippen LogP contribution is 2.25. The zero-order valence-corrected chi connectivity index (χ0v) is 34.0. The van der Waals surface area contributed by atoms with E-state index in [9.17, 15) is 0 Å². The van der Waals surface area contributed by atoms with Crippen LogP contribution >= 0.6 is 0 Å². The lowest BCUT2D eigenvalue weighted by Gasteiger charge is -2.25. The van der Waals surface area contributed by atoms with Crippen LogP contribution in [0.4, 0.5) is 11.4 Å². The Balaban J connectivity index is 1.58. The summed E-state index contributed by atoms with van der Waals surface area (Å²) in [4.78, 5) is 13.4. The Labute approximate surface area is 337 Å². The minimum atomic E-state index is 0.924. The van der Waals surface area contributed by atoms with Crippen molar-refractivity contribution in [1.29, 1.82) is 0 Å². The monoisotopic (exact) mass is 738 g/mol. The summed E-state index contributed by atoms with van der Waals surface area (Å²) < 4.78 is 0. The number of pyridine rings is 2. The van der Waals surface area contributed by atoms with E-state index in [1.165, 1.54) is 62.7 Å². The van der Waals surface area contributed by atoms with Gasteiger partial charge in [-0.25, -0.2) is 0 Å². The van der Waals surface area contributed by atoms with Gasteiger partial charge in [-0.05, 0) is 109 Å². The summed E-state index contributed by atoms with van der Waals surface area (Å²) in [5.74, 6) is 13.8. The molecule has 0 saturated heterocycles. The molecule has 0 atom stereocenters. The van der Waals surface area contributed by atoms with Gasteiger partial charge >= 0.3 is 0 Å². The molecular formula is C52H58N4. The van der Waals surface area contributed by atoms with Crippen LogP contribution < -0.4 is 9.80 Å². The van der Waals surface area contributed by atoms with Crippen LogP contribution in [-0.2, 0) is 0 Å². The number of rotatable bonds is 18. The van der Waals surface area contributed by atoms with E-state index >= 15 is 0 Å². The van der Waals surface area contributed by atoms with E-state index in [1.807, 2.05) is 24.3 Å². The van der Waals surface area contributed by atoms with Gasteiger partial charge in [-0.1, -0.05) is 126 Å². The van der Waals surface area contributed by atoms with Crippen molar-refractivity contribution in [2.24, 2.45) is 0 Å². The third-order valence-corrected chi connectivity index (χ3v) is 9.77. The number of benzene rings is 3. The fraction of sp³-hybridized carbons (Fsp3) is 0.308. The predicted molar refractivity (Wildman–Crippen MR) is 242 cm³/mol. The molecule has 0 N–H and O–H groups in total. The lowest BCUT2D eigenvalue weighted by Crippen LogP contribution is -2.25. The third kappa shape index (κ3) is 13.2. The van der Waals surface area contributed by atoms with Crippen molar-refractivity contribution in [2.45, 2.75) is 79.1 Å². The molecule has 0 radical (unpaired) electrons. The van der Waals surface area contributed by atoms with Crippen LogP contribution in [0.15, 0.2) is 110 Å². The molecule has 3 aromatic carbocycles. The fourth-order valence-electron chi connectivity index (χ4n) is 6.43. The van der Waals surface area contributed by atoms with Gasteiger partial charge in [0.1, 0.15) is 0 Å². The summed E-state index contributed by atoms with van der Waals surface area (Å²) in [5, 5.41) is 0. The lowest BCUT2D eigenvalue weighted by molar-refractivity contribution is 0.678. The van der Waals surface area contributed by atoms with Crippen LogP contribution in [0.2, 0.25) is 0 Å². The van der Waals surface area contributed by atoms with Gasteiger partial charge in [0.15, 0.2) is 0 Å². The molecule has 0 bridgehead atoms. The molecule has 0 saturated carbocycles. The van der Waals surface area contributed by atoms with Gasteiger partial charge in [-0.3, -0.25) is 9.97 Å². The molecule has 2 aromatic heterocycles. The normalized spacial score (nSPS) is 10.9. The van der Waals surface area contributed by atoms with Crippen molar-refractivity contribution in [3.63, 3.8) is 0 Å². The second kappa shape index (κ2) is 23.2. The number of hydrogen-bond donors (Lipinski definition) is 0. The van der Waals surface area contributed by atoms with E-state index in [0.717, 1.165) is 70.7 Å².